The minimum atomic E-state index is -0.0671. The van der Waals surface area contributed by atoms with Crippen molar-refractivity contribution < 1.29 is 4.79 Å². The van der Waals surface area contributed by atoms with Gasteiger partial charge in [-0.05, 0) is 60.2 Å². The van der Waals surface area contributed by atoms with Crippen LogP contribution in [0, 0.1) is 13.8 Å². The third-order valence-electron chi connectivity index (χ3n) is 3.18. The number of hydrogen-bond donors (Lipinski definition) is 1. The number of rotatable bonds is 5. The number of carbonyl (C=O) groups excluding carboxylic acids is 1. The molecule has 0 aromatic carbocycles. The van der Waals surface area contributed by atoms with E-state index in [-0.39, 0.29) is 5.91 Å². The van der Waals surface area contributed by atoms with Gasteiger partial charge in [0.05, 0.1) is 0 Å². The highest BCUT2D eigenvalue weighted by atomic mass is 79.9. The fraction of sp³-hybridized carbons (Fsp3) is 0.333. The normalized spacial score (nSPS) is 10.5. The first-order valence-electron chi connectivity index (χ1n) is 6.79. The van der Waals surface area contributed by atoms with Crippen LogP contribution in [0.3, 0.4) is 0 Å². The van der Waals surface area contributed by atoms with Gasteiger partial charge in [0.15, 0.2) is 5.16 Å². The van der Waals surface area contributed by atoms with Gasteiger partial charge in [-0.2, -0.15) is 0 Å². The summed E-state index contributed by atoms with van der Waals surface area (Å²) in [5, 5.41) is 3.55. The van der Waals surface area contributed by atoms with Gasteiger partial charge in [0.2, 0.25) is 5.91 Å². The van der Waals surface area contributed by atoms with Gasteiger partial charge in [0, 0.05) is 28.5 Å². The highest BCUT2D eigenvalue weighted by Gasteiger charge is 2.11. The van der Waals surface area contributed by atoms with Crippen molar-refractivity contribution in [2.24, 2.45) is 0 Å². The average Bonchev–Trinajstić information content (AvgIpc) is 2.48. The second kappa shape index (κ2) is 7.69. The van der Waals surface area contributed by atoms with Gasteiger partial charge in [-0.25, -0.2) is 15.0 Å². The Hall–Kier alpha value is -1.47. The molecule has 0 aliphatic heterocycles. The number of carbonyl (C=O) groups is 1. The molecular weight excluding hydrogens is 364 g/mol. The van der Waals surface area contributed by atoms with E-state index in [1.54, 1.807) is 12.3 Å². The summed E-state index contributed by atoms with van der Waals surface area (Å²) >= 11 is 4.83. The minimum Gasteiger partial charge on any atom is -0.311 e. The summed E-state index contributed by atoms with van der Waals surface area (Å²) in [6.45, 7) is 3.91. The van der Waals surface area contributed by atoms with Crippen molar-refractivity contribution in [3.05, 3.63) is 39.8 Å². The number of pyridine rings is 1. The van der Waals surface area contributed by atoms with Gasteiger partial charge in [-0.1, -0.05) is 11.8 Å². The molecule has 2 rings (SSSR count). The van der Waals surface area contributed by atoms with Crippen molar-refractivity contribution in [3.8, 4) is 0 Å². The van der Waals surface area contributed by atoms with Crippen LogP contribution in [-0.2, 0) is 11.2 Å². The van der Waals surface area contributed by atoms with Crippen LogP contribution in [-0.4, -0.2) is 27.1 Å². The Kier molecular flexibility index (Phi) is 5.90. The zero-order valence-electron chi connectivity index (χ0n) is 12.7. The predicted octanol–water partition coefficient (Wildman–Crippen LogP) is 3.54. The minimum absolute atomic E-state index is 0.0671. The van der Waals surface area contributed by atoms with Gasteiger partial charge in [0.1, 0.15) is 5.82 Å². The van der Waals surface area contributed by atoms with Crippen LogP contribution < -0.4 is 5.32 Å². The molecule has 0 aliphatic carbocycles. The summed E-state index contributed by atoms with van der Waals surface area (Å²) in [6, 6.07) is 3.60. The Balaban J connectivity index is 1.98. The number of thioether (sulfide) groups is 1. The van der Waals surface area contributed by atoms with Crippen molar-refractivity contribution in [2.75, 3.05) is 11.6 Å². The Morgan fingerprint density at radius 2 is 1.95 bits per heavy atom. The topological polar surface area (TPSA) is 67.8 Å². The van der Waals surface area contributed by atoms with E-state index in [9.17, 15) is 4.79 Å². The summed E-state index contributed by atoms with van der Waals surface area (Å²) in [4.78, 5) is 25.0. The summed E-state index contributed by atoms with van der Waals surface area (Å²) in [7, 11) is 0. The lowest BCUT2D eigenvalue weighted by molar-refractivity contribution is -0.116. The molecule has 0 radical (unpaired) electrons. The molecule has 2 heterocycles. The highest BCUT2D eigenvalue weighted by molar-refractivity contribution is 9.10. The van der Waals surface area contributed by atoms with Crippen molar-refractivity contribution in [2.45, 2.75) is 31.8 Å². The maximum atomic E-state index is 12.0. The summed E-state index contributed by atoms with van der Waals surface area (Å²) < 4.78 is 0.878. The summed E-state index contributed by atoms with van der Waals surface area (Å²) in [6.07, 6.45) is 4.60. The average molecular weight is 381 g/mol. The predicted molar refractivity (Wildman–Crippen MR) is 92.2 cm³/mol. The number of nitrogens with one attached hydrogen (secondary N) is 1. The van der Waals surface area contributed by atoms with Crippen LogP contribution >= 0.6 is 27.7 Å². The third kappa shape index (κ3) is 4.51. The van der Waals surface area contributed by atoms with Crippen molar-refractivity contribution >= 4 is 39.4 Å². The molecule has 0 atom stereocenters. The molecule has 1 N–H and O–H groups in total. The van der Waals surface area contributed by atoms with E-state index in [0.717, 1.165) is 26.6 Å². The molecule has 0 bridgehead atoms. The lowest BCUT2D eigenvalue weighted by Gasteiger charge is -2.10. The largest absolute Gasteiger partial charge is 0.311 e. The Bertz CT molecular complexity index is 653. The molecular formula is C15H17BrN4OS. The Morgan fingerprint density at radius 3 is 2.50 bits per heavy atom. The van der Waals surface area contributed by atoms with Crippen LogP contribution in [0.15, 0.2) is 28.0 Å². The number of hydrogen-bond acceptors (Lipinski definition) is 5. The van der Waals surface area contributed by atoms with E-state index >= 15 is 0 Å². The molecule has 2 aromatic rings. The lowest BCUT2D eigenvalue weighted by Crippen LogP contribution is -2.14. The fourth-order valence-electron chi connectivity index (χ4n) is 2.06. The van der Waals surface area contributed by atoms with Crippen LogP contribution in [0.5, 0.6) is 0 Å². The van der Waals surface area contributed by atoms with E-state index in [1.165, 1.54) is 11.8 Å². The van der Waals surface area contributed by atoms with Gasteiger partial charge in [-0.15, -0.1) is 0 Å². The third-order valence-corrected chi connectivity index (χ3v) is 4.20. The standard InChI is InChI=1S/C15H17BrN4OS/c1-9-12(10(2)19-15(18-9)22-3)5-7-14(21)20-13-6-4-11(16)8-17-13/h4,6,8H,5,7H2,1-3H3,(H,17,20,21). The molecule has 0 aliphatic rings. The van der Waals surface area contributed by atoms with Crippen LogP contribution in [0.2, 0.25) is 0 Å². The number of amides is 1. The van der Waals surface area contributed by atoms with Crippen molar-refractivity contribution in [1.29, 1.82) is 0 Å². The first kappa shape index (κ1) is 16.9. The smallest absolute Gasteiger partial charge is 0.225 e. The van der Waals surface area contributed by atoms with Gasteiger partial charge < -0.3 is 5.32 Å². The summed E-state index contributed by atoms with van der Waals surface area (Å²) in [5.41, 5.74) is 2.91. The fourth-order valence-corrected chi connectivity index (χ4v) is 2.75. The van der Waals surface area contributed by atoms with Crippen molar-refractivity contribution in [1.82, 2.24) is 15.0 Å². The molecule has 0 fully saturated rings. The second-order valence-corrected chi connectivity index (χ2v) is 6.46. The van der Waals surface area contributed by atoms with Gasteiger partial charge in [0.25, 0.3) is 0 Å². The zero-order valence-corrected chi connectivity index (χ0v) is 15.1. The van der Waals surface area contributed by atoms with E-state index in [2.05, 4.69) is 36.2 Å². The van der Waals surface area contributed by atoms with Crippen molar-refractivity contribution in [3.63, 3.8) is 0 Å². The van der Waals surface area contributed by atoms with Crippen LogP contribution in [0.25, 0.3) is 0 Å². The molecule has 5 nitrogen and oxygen atoms in total. The SMILES string of the molecule is CSc1nc(C)c(CCC(=O)Nc2ccc(Br)cn2)c(C)n1. The molecule has 0 saturated carbocycles. The number of anilines is 1. The second-order valence-electron chi connectivity index (χ2n) is 4.77. The molecule has 1 amide bonds. The molecule has 0 saturated heterocycles. The van der Waals surface area contributed by atoms with Crippen LogP contribution in [0.1, 0.15) is 23.4 Å². The maximum Gasteiger partial charge on any atom is 0.225 e. The Labute approximate surface area is 142 Å². The summed E-state index contributed by atoms with van der Waals surface area (Å²) in [5.74, 6) is 0.484. The quantitative estimate of drug-likeness (QED) is 0.634. The number of aromatic nitrogens is 3. The van der Waals surface area contributed by atoms with E-state index < -0.39 is 0 Å². The number of aryl methyl sites for hydroxylation is 2. The monoisotopic (exact) mass is 380 g/mol. The van der Waals surface area contributed by atoms with Gasteiger partial charge >= 0.3 is 0 Å². The first-order chi connectivity index (χ1) is 10.5. The highest BCUT2D eigenvalue weighted by Crippen LogP contribution is 2.17. The first-order valence-corrected chi connectivity index (χ1v) is 8.81. The van der Waals surface area contributed by atoms with Gasteiger partial charge in [-0.3, -0.25) is 4.79 Å². The molecule has 2 aromatic heterocycles. The molecule has 0 spiro atoms. The van der Waals surface area contributed by atoms with Crippen LogP contribution in [0.4, 0.5) is 5.82 Å². The van der Waals surface area contributed by atoms with E-state index in [0.29, 0.717) is 18.7 Å². The molecule has 116 valence electrons. The number of nitrogens with zero attached hydrogens (tertiary/aromatic N) is 3. The molecule has 22 heavy (non-hydrogen) atoms. The lowest BCUT2D eigenvalue weighted by atomic mass is 10.1. The Morgan fingerprint density at radius 1 is 1.27 bits per heavy atom. The van der Waals surface area contributed by atoms with E-state index in [1.807, 2.05) is 26.2 Å². The molecule has 0 unspecified atom stereocenters. The molecule has 7 heteroatoms. The number of halogens is 1. The zero-order chi connectivity index (χ0) is 16.1. The maximum absolute atomic E-state index is 12.0. The van der Waals surface area contributed by atoms with E-state index in [4.69, 9.17) is 0 Å².